The van der Waals surface area contributed by atoms with Crippen molar-refractivity contribution < 1.29 is 14.0 Å². The number of hydrogen-bond donors (Lipinski definition) is 3. The number of carbonyl (C=O) groups is 2. The summed E-state index contributed by atoms with van der Waals surface area (Å²) in [6, 6.07) is 19.8. The van der Waals surface area contributed by atoms with Gasteiger partial charge in [-0.3, -0.25) is 9.59 Å². The number of nitrogens with zero attached hydrogens (tertiary/aromatic N) is 2. The van der Waals surface area contributed by atoms with E-state index in [0.29, 0.717) is 35.4 Å². The summed E-state index contributed by atoms with van der Waals surface area (Å²) in [7, 11) is 3.56. The Labute approximate surface area is 214 Å². The molecule has 0 saturated heterocycles. The lowest BCUT2D eigenvalue weighted by Crippen LogP contribution is -2.17. The highest BCUT2D eigenvalue weighted by Gasteiger charge is 2.29. The van der Waals surface area contributed by atoms with Crippen molar-refractivity contribution in [3.63, 3.8) is 0 Å². The van der Waals surface area contributed by atoms with Gasteiger partial charge in [0.2, 0.25) is 5.91 Å². The number of hydrogen-bond acceptors (Lipinski definition) is 4. The van der Waals surface area contributed by atoms with Gasteiger partial charge < -0.3 is 20.5 Å². The molecule has 0 spiro atoms. The van der Waals surface area contributed by atoms with E-state index >= 15 is 0 Å². The third kappa shape index (κ3) is 4.99. The molecule has 1 aromatic heterocycles. The zero-order chi connectivity index (χ0) is 25.9. The summed E-state index contributed by atoms with van der Waals surface area (Å²) in [5.41, 5.74) is 5.65. The first-order valence-electron chi connectivity index (χ1n) is 11.9. The number of aromatic nitrogens is 2. The molecular weight excluding hydrogens is 469 g/mol. The van der Waals surface area contributed by atoms with Gasteiger partial charge in [0, 0.05) is 49.7 Å². The van der Waals surface area contributed by atoms with Crippen molar-refractivity contribution in [1.82, 2.24) is 14.9 Å². The Morgan fingerprint density at radius 1 is 1.05 bits per heavy atom. The van der Waals surface area contributed by atoms with E-state index in [0.717, 1.165) is 28.2 Å². The summed E-state index contributed by atoms with van der Waals surface area (Å²) >= 11 is 0. The van der Waals surface area contributed by atoms with Gasteiger partial charge in [-0.25, -0.2) is 9.37 Å². The number of nitrogens with one attached hydrogen (secondary N) is 3. The predicted molar refractivity (Wildman–Crippen MR) is 143 cm³/mol. The first-order chi connectivity index (χ1) is 17.9. The predicted octanol–water partition coefficient (Wildman–Crippen LogP) is 4.84. The molecule has 7 nitrogen and oxygen atoms in total. The van der Waals surface area contributed by atoms with Crippen LogP contribution in [0.15, 0.2) is 79.1 Å². The Balaban J connectivity index is 1.52. The average Bonchev–Trinajstić information content (AvgIpc) is 3.48. The molecule has 0 saturated carbocycles. The third-order valence-corrected chi connectivity index (χ3v) is 6.37. The summed E-state index contributed by atoms with van der Waals surface area (Å²) in [4.78, 5) is 29.1. The molecule has 0 fully saturated rings. The lowest BCUT2D eigenvalue weighted by Gasteiger charge is -2.16. The summed E-state index contributed by atoms with van der Waals surface area (Å²) in [6.07, 6.45) is 4.64. The van der Waals surface area contributed by atoms with Crippen molar-refractivity contribution in [3.05, 3.63) is 102 Å². The smallest absolute Gasteiger partial charge is 0.258 e. The molecule has 4 aromatic rings. The molecule has 0 bridgehead atoms. The van der Waals surface area contributed by atoms with Gasteiger partial charge >= 0.3 is 0 Å². The Hall–Kier alpha value is -4.72. The number of carbonyl (C=O) groups excluding carboxylic acids is 2. The van der Waals surface area contributed by atoms with Crippen LogP contribution >= 0.6 is 0 Å². The molecule has 8 heteroatoms. The zero-order valence-corrected chi connectivity index (χ0v) is 20.5. The molecule has 0 unspecified atom stereocenters. The van der Waals surface area contributed by atoms with Gasteiger partial charge in [0.1, 0.15) is 11.6 Å². The molecule has 3 aromatic carbocycles. The number of anilines is 2. The van der Waals surface area contributed by atoms with E-state index in [1.807, 2.05) is 66.3 Å². The number of halogens is 1. The Morgan fingerprint density at radius 2 is 1.81 bits per heavy atom. The second kappa shape index (κ2) is 10.1. The zero-order valence-electron chi connectivity index (χ0n) is 20.5. The molecule has 186 valence electrons. The maximum atomic E-state index is 13.9. The lowest BCUT2D eigenvalue weighted by atomic mass is 9.98. The van der Waals surface area contributed by atoms with Crippen molar-refractivity contribution in [1.29, 1.82) is 0 Å². The van der Waals surface area contributed by atoms with Crippen molar-refractivity contribution in [2.45, 2.75) is 12.8 Å². The minimum Gasteiger partial charge on any atom is -0.359 e. The van der Waals surface area contributed by atoms with Crippen molar-refractivity contribution in [2.24, 2.45) is 7.05 Å². The normalized spacial score (nSPS) is 13.6. The summed E-state index contributed by atoms with van der Waals surface area (Å²) < 4.78 is 15.8. The molecule has 0 aliphatic carbocycles. The van der Waals surface area contributed by atoms with E-state index in [9.17, 15) is 14.0 Å². The van der Waals surface area contributed by atoms with Gasteiger partial charge in [-0.1, -0.05) is 24.3 Å². The number of benzene rings is 3. The van der Waals surface area contributed by atoms with E-state index in [1.165, 1.54) is 12.1 Å². The Bertz CT molecular complexity index is 1500. The van der Waals surface area contributed by atoms with Gasteiger partial charge in [0.25, 0.3) is 5.91 Å². The third-order valence-electron chi connectivity index (χ3n) is 6.37. The number of fused-ring (bicyclic) bond motifs is 1. The van der Waals surface area contributed by atoms with E-state index in [2.05, 4.69) is 20.9 Å². The van der Waals surface area contributed by atoms with Crippen molar-refractivity contribution in [2.75, 3.05) is 17.7 Å². The average molecular weight is 496 g/mol. The van der Waals surface area contributed by atoms with Crippen LogP contribution in [0.5, 0.6) is 0 Å². The summed E-state index contributed by atoms with van der Waals surface area (Å²) in [5.74, 6) is 0.106. The fourth-order valence-electron chi connectivity index (χ4n) is 4.38. The van der Waals surface area contributed by atoms with E-state index < -0.39 is 5.82 Å². The van der Waals surface area contributed by atoms with Crippen LogP contribution in [0.1, 0.15) is 23.1 Å². The Morgan fingerprint density at radius 3 is 2.49 bits per heavy atom. The highest BCUT2D eigenvalue weighted by Crippen LogP contribution is 2.38. The fraction of sp³-hybridized carbons (Fsp3) is 0.138. The van der Waals surface area contributed by atoms with E-state index in [-0.39, 0.29) is 11.8 Å². The second-order valence-electron chi connectivity index (χ2n) is 8.83. The molecule has 3 N–H and O–H groups in total. The highest BCUT2D eigenvalue weighted by molar-refractivity contribution is 6.37. The molecule has 5 rings (SSSR count). The van der Waals surface area contributed by atoms with Crippen LogP contribution in [-0.2, 0) is 23.1 Å². The molecule has 37 heavy (non-hydrogen) atoms. The summed E-state index contributed by atoms with van der Waals surface area (Å²) in [5, 5.41) is 8.83. The van der Waals surface area contributed by atoms with Gasteiger partial charge in [0.15, 0.2) is 0 Å². The highest BCUT2D eigenvalue weighted by atomic mass is 19.1. The quantitative estimate of drug-likeness (QED) is 0.320. The number of rotatable bonds is 7. The minimum atomic E-state index is -0.417. The monoisotopic (exact) mass is 495 g/mol. The van der Waals surface area contributed by atoms with Crippen LogP contribution in [0.4, 0.5) is 15.8 Å². The first kappa shape index (κ1) is 24.0. The summed E-state index contributed by atoms with van der Waals surface area (Å²) in [6.45, 7) is 0. The minimum absolute atomic E-state index is 0.0194. The van der Waals surface area contributed by atoms with Crippen LogP contribution in [-0.4, -0.2) is 28.4 Å². The molecule has 2 heterocycles. The topological polar surface area (TPSA) is 88.1 Å². The van der Waals surface area contributed by atoms with Gasteiger partial charge in [0.05, 0.1) is 17.0 Å². The molecule has 0 radical (unpaired) electrons. The van der Waals surface area contributed by atoms with Crippen LogP contribution < -0.4 is 16.0 Å². The number of imidazole rings is 1. The van der Waals surface area contributed by atoms with Crippen LogP contribution in [0, 0.1) is 5.82 Å². The largest absolute Gasteiger partial charge is 0.359 e. The molecule has 2 amide bonds. The van der Waals surface area contributed by atoms with Gasteiger partial charge in [-0.05, 0) is 60.0 Å². The van der Waals surface area contributed by atoms with Crippen LogP contribution in [0.3, 0.4) is 0 Å². The van der Waals surface area contributed by atoms with Gasteiger partial charge in [-0.15, -0.1) is 0 Å². The Kier molecular flexibility index (Phi) is 6.55. The van der Waals surface area contributed by atoms with E-state index in [4.69, 9.17) is 0 Å². The molecule has 1 aliphatic rings. The number of aryl methyl sites for hydroxylation is 2. The lowest BCUT2D eigenvalue weighted by molar-refractivity contribution is -0.120. The van der Waals surface area contributed by atoms with Crippen molar-refractivity contribution in [3.8, 4) is 11.4 Å². The maximum absolute atomic E-state index is 13.9. The van der Waals surface area contributed by atoms with Gasteiger partial charge in [-0.2, -0.15) is 0 Å². The molecule has 0 atom stereocenters. The molecular formula is C29H26FN5O2. The van der Waals surface area contributed by atoms with Crippen LogP contribution in [0.2, 0.25) is 0 Å². The van der Waals surface area contributed by atoms with E-state index in [1.54, 1.807) is 19.3 Å². The number of amides is 2. The van der Waals surface area contributed by atoms with Crippen molar-refractivity contribution >= 4 is 34.5 Å². The standard InChI is InChI=1S/C29H26FN5O2/c1-31-25(36)14-5-18-3-6-19(7-4-18)27(26-23-13-10-21(30)17-24(23)34-29(26)37)33-22-11-8-20(9-12-22)28-32-15-16-35(28)2/h3-4,6-13,15-17,33H,5,14H2,1-2H3,(H,31,36)(H,34,37)/b27-26-. The first-order valence-corrected chi connectivity index (χ1v) is 11.9. The molecule has 1 aliphatic heterocycles. The van der Waals surface area contributed by atoms with Crippen LogP contribution in [0.25, 0.3) is 22.7 Å². The second-order valence-corrected chi connectivity index (χ2v) is 8.83. The fourth-order valence-corrected chi connectivity index (χ4v) is 4.38. The SMILES string of the molecule is CNC(=O)CCc1ccc(/C(Nc2ccc(-c3nccn3C)cc2)=C2/C(=O)Nc3cc(F)ccc32)cc1. The maximum Gasteiger partial charge on any atom is 0.258 e.